The zero-order valence-electron chi connectivity index (χ0n) is 10.2. The van der Waals surface area contributed by atoms with Crippen LogP contribution in [0.5, 0.6) is 0 Å². The molecule has 2 aliphatic rings. The Morgan fingerprint density at radius 3 is 3.06 bits per heavy atom. The Bertz CT molecular complexity index is 237. The first-order chi connectivity index (χ1) is 7.63. The van der Waals surface area contributed by atoms with Crippen molar-refractivity contribution in [3.63, 3.8) is 0 Å². The fourth-order valence-electron chi connectivity index (χ4n) is 3.00. The normalized spacial score (nSPS) is 42.2. The van der Waals surface area contributed by atoms with Crippen molar-refractivity contribution in [1.82, 2.24) is 4.90 Å². The minimum absolute atomic E-state index is 0.114. The van der Waals surface area contributed by atoms with Crippen molar-refractivity contribution in [2.45, 2.75) is 50.3 Å². The lowest BCUT2D eigenvalue weighted by Gasteiger charge is -2.44. The number of aliphatic hydroxyl groups is 1. The van der Waals surface area contributed by atoms with Crippen molar-refractivity contribution < 1.29 is 9.84 Å². The molecule has 0 aromatic heterocycles. The monoisotopic (exact) mass is 228 g/mol. The largest absolute Gasteiger partial charge is 0.394 e. The van der Waals surface area contributed by atoms with E-state index in [1.165, 1.54) is 6.42 Å². The summed E-state index contributed by atoms with van der Waals surface area (Å²) in [4.78, 5) is 2.49. The van der Waals surface area contributed by atoms with Gasteiger partial charge in [-0.15, -0.1) is 0 Å². The molecule has 0 aromatic carbocycles. The van der Waals surface area contributed by atoms with Gasteiger partial charge >= 0.3 is 0 Å². The molecule has 0 spiro atoms. The van der Waals surface area contributed by atoms with E-state index in [2.05, 4.69) is 11.8 Å². The Morgan fingerprint density at radius 2 is 2.38 bits per heavy atom. The molecule has 2 rings (SSSR count). The van der Waals surface area contributed by atoms with Crippen molar-refractivity contribution in [2.75, 3.05) is 26.3 Å². The molecule has 0 aromatic rings. The average molecular weight is 228 g/mol. The van der Waals surface area contributed by atoms with Crippen molar-refractivity contribution in [1.29, 1.82) is 0 Å². The van der Waals surface area contributed by atoms with Gasteiger partial charge < -0.3 is 15.6 Å². The highest BCUT2D eigenvalue weighted by atomic mass is 16.5. The number of ether oxygens (including phenoxy) is 1. The van der Waals surface area contributed by atoms with E-state index in [1.807, 2.05) is 0 Å². The molecule has 1 heterocycles. The fraction of sp³-hybridized carbons (Fsp3) is 1.00. The molecule has 4 nitrogen and oxygen atoms in total. The van der Waals surface area contributed by atoms with Crippen LogP contribution in [0.15, 0.2) is 0 Å². The summed E-state index contributed by atoms with van der Waals surface area (Å²) in [6.45, 7) is 5.08. The smallest absolute Gasteiger partial charge is 0.0674 e. The summed E-state index contributed by atoms with van der Waals surface area (Å²) in [6.07, 6.45) is 4.56. The van der Waals surface area contributed by atoms with Gasteiger partial charge in [0, 0.05) is 24.7 Å². The average Bonchev–Trinajstić information content (AvgIpc) is 2.29. The van der Waals surface area contributed by atoms with Gasteiger partial charge in [-0.1, -0.05) is 0 Å². The minimum atomic E-state index is -0.343. The summed E-state index contributed by atoms with van der Waals surface area (Å²) in [7, 11) is 0. The van der Waals surface area contributed by atoms with Crippen LogP contribution in [0.2, 0.25) is 0 Å². The fourth-order valence-corrected chi connectivity index (χ4v) is 3.00. The predicted octanol–water partition coefficient (Wildman–Crippen LogP) is 0.340. The van der Waals surface area contributed by atoms with Crippen LogP contribution < -0.4 is 5.73 Å². The van der Waals surface area contributed by atoms with Crippen molar-refractivity contribution in [2.24, 2.45) is 5.73 Å². The maximum Gasteiger partial charge on any atom is 0.0674 e. The number of nitrogens with zero attached hydrogens (tertiary/aromatic N) is 1. The van der Waals surface area contributed by atoms with Gasteiger partial charge in [0.15, 0.2) is 0 Å². The Balaban J connectivity index is 1.93. The summed E-state index contributed by atoms with van der Waals surface area (Å²) < 4.78 is 5.55. The van der Waals surface area contributed by atoms with Gasteiger partial charge in [-0.3, -0.25) is 4.90 Å². The van der Waals surface area contributed by atoms with Crippen LogP contribution in [0, 0.1) is 0 Å². The molecule has 1 aliphatic heterocycles. The van der Waals surface area contributed by atoms with Crippen LogP contribution >= 0.6 is 0 Å². The number of morpholine rings is 1. The third-order valence-electron chi connectivity index (χ3n) is 3.96. The standard InChI is InChI=1S/C12H24N2O2/c1-10-8-14(5-6-16-10)11-3-2-4-12(13,7-11)9-15/h10-11,15H,2-9,13H2,1H3. The molecule has 4 heteroatoms. The Hall–Kier alpha value is -0.160. The van der Waals surface area contributed by atoms with Crippen molar-refractivity contribution >= 4 is 0 Å². The summed E-state index contributed by atoms with van der Waals surface area (Å²) in [5.74, 6) is 0. The van der Waals surface area contributed by atoms with Crippen LogP contribution in [-0.4, -0.2) is 54.0 Å². The van der Waals surface area contributed by atoms with E-state index < -0.39 is 0 Å². The lowest BCUT2D eigenvalue weighted by atomic mass is 9.79. The van der Waals surface area contributed by atoms with E-state index in [-0.39, 0.29) is 12.1 Å². The third kappa shape index (κ3) is 2.74. The summed E-state index contributed by atoms with van der Waals surface area (Å²) in [6, 6.07) is 0.539. The topological polar surface area (TPSA) is 58.7 Å². The highest BCUT2D eigenvalue weighted by Crippen LogP contribution is 2.30. The van der Waals surface area contributed by atoms with Crippen LogP contribution in [0.4, 0.5) is 0 Å². The van der Waals surface area contributed by atoms with Gasteiger partial charge in [0.25, 0.3) is 0 Å². The first kappa shape index (κ1) is 12.3. The molecule has 3 atom stereocenters. The molecule has 0 bridgehead atoms. The first-order valence-corrected chi connectivity index (χ1v) is 6.38. The van der Waals surface area contributed by atoms with Crippen LogP contribution in [-0.2, 0) is 4.74 Å². The number of rotatable bonds is 2. The second-order valence-corrected chi connectivity index (χ2v) is 5.45. The molecule has 0 radical (unpaired) electrons. The lowest BCUT2D eigenvalue weighted by molar-refractivity contribution is -0.0466. The van der Waals surface area contributed by atoms with E-state index >= 15 is 0 Å². The zero-order chi connectivity index (χ0) is 11.6. The highest BCUT2D eigenvalue weighted by Gasteiger charge is 2.35. The number of aliphatic hydroxyl groups excluding tert-OH is 1. The van der Waals surface area contributed by atoms with E-state index in [0.29, 0.717) is 12.1 Å². The van der Waals surface area contributed by atoms with Crippen LogP contribution in [0.25, 0.3) is 0 Å². The van der Waals surface area contributed by atoms with Gasteiger partial charge in [-0.25, -0.2) is 0 Å². The minimum Gasteiger partial charge on any atom is -0.394 e. The second-order valence-electron chi connectivity index (χ2n) is 5.45. The van der Waals surface area contributed by atoms with E-state index in [4.69, 9.17) is 10.5 Å². The molecule has 3 N–H and O–H groups in total. The first-order valence-electron chi connectivity index (χ1n) is 6.38. The molecular weight excluding hydrogens is 204 g/mol. The molecule has 3 unspecified atom stereocenters. The van der Waals surface area contributed by atoms with Crippen LogP contribution in [0.3, 0.4) is 0 Å². The maximum atomic E-state index is 9.35. The quantitative estimate of drug-likeness (QED) is 0.715. The van der Waals surface area contributed by atoms with E-state index in [1.54, 1.807) is 0 Å². The molecule has 1 aliphatic carbocycles. The third-order valence-corrected chi connectivity index (χ3v) is 3.96. The molecule has 1 saturated heterocycles. The Kier molecular flexibility index (Phi) is 3.85. The summed E-state index contributed by atoms with van der Waals surface area (Å²) in [5, 5.41) is 9.35. The number of nitrogens with two attached hydrogens (primary N) is 1. The zero-order valence-corrected chi connectivity index (χ0v) is 10.2. The van der Waals surface area contributed by atoms with Gasteiger partial charge in [0.2, 0.25) is 0 Å². The van der Waals surface area contributed by atoms with Crippen LogP contribution in [0.1, 0.15) is 32.6 Å². The van der Waals surface area contributed by atoms with Crippen molar-refractivity contribution in [3.05, 3.63) is 0 Å². The second kappa shape index (κ2) is 5.00. The molecule has 16 heavy (non-hydrogen) atoms. The van der Waals surface area contributed by atoms with Gasteiger partial charge in [0.1, 0.15) is 0 Å². The number of hydrogen-bond acceptors (Lipinski definition) is 4. The summed E-state index contributed by atoms with van der Waals surface area (Å²) in [5.41, 5.74) is 5.84. The molecule has 94 valence electrons. The van der Waals surface area contributed by atoms with Gasteiger partial charge in [0.05, 0.1) is 19.3 Å². The SMILES string of the molecule is CC1CN(C2CCCC(N)(CO)C2)CCO1. The molecule has 0 amide bonds. The van der Waals surface area contributed by atoms with Gasteiger partial charge in [-0.2, -0.15) is 0 Å². The van der Waals surface area contributed by atoms with Crippen molar-refractivity contribution in [3.8, 4) is 0 Å². The maximum absolute atomic E-state index is 9.35. The van der Waals surface area contributed by atoms with E-state index in [9.17, 15) is 5.11 Å². The van der Waals surface area contributed by atoms with E-state index in [0.717, 1.165) is 39.0 Å². The Morgan fingerprint density at radius 1 is 1.56 bits per heavy atom. The lowest BCUT2D eigenvalue weighted by Crippen LogP contribution is -2.55. The highest BCUT2D eigenvalue weighted by molar-refractivity contribution is 4.94. The molecular formula is C12H24N2O2. The molecule has 2 fully saturated rings. The Labute approximate surface area is 97.7 Å². The summed E-state index contributed by atoms with van der Waals surface area (Å²) >= 11 is 0. The predicted molar refractivity (Wildman–Crippen MR) is 63.2 cm³/mol. The number of hydrogen-bond donors (Lipinski definition) is 2. The van der Waals surface area contributed by atoms with Gasteiger partial charge in [-0.05, 0) is 32.6 Å². The molecule has 1 saturated carbocycles.